The molecule has 0 bridgehead atoms. The number of methoxy groups -OCH3 is 1. The summed E-state index contributed by atoms with van der Waals surface area (Å²) in [6, 6.07) is 13.4. The molecule has 156 valence electrons. The number of benzene rings is 2. The molecule has 2 aromatic carbocycles. The molecule has 30 heavy (non-hydrogen) atoms. The molecule has 9 nitrogen and oxygen atoms in total. The summed E-state index contributed by atoms with van der Waals surface area (Å²) in [5.41, 5.74) is 1.30. The van der Waals surface area contributed by atoms with E-state index in [-0.39, 0.29) is 18.0 Å². The van der Waals surface area contributed by atoms with Crippen molar-refractivity contribution in [1.82, 2.24) is 5.32 Å². The minimum Gasteiger partial charge on any atom is -0.496 e. The van der Waals surface area contributed by atoms with Crippen LogP contribution in [0.2, 0.25) is 0 Å². The highest BCUT2D eigenvalue weighted by Gasteiger charge is 2.31. The Morgan fingerprint density at radius 1 is 1.13 bits per heavy atom. The van der Waals surface area contributed by atoms with E-state index in [1.54, 1.807) is 48.5 Å². The smallest absolute Gasteiger partial charge is 0.326 e. The van der Waals surface area contributed by atoms with Crippen molar-refractivity contribution in [3.05, 3.63) is 54.1 Å². The number of nitrogens with zero attached hydrogens (tertiary/aromatic N) is 1. The number of hydrogen-bond donors (Lipinski definition) is 2. The third-order valence-electron chi connectivity index (χ3n) is 4.44. The fourth-order valence-corrected chi connectivity index (χ4v) is 3.02. The van der Waals surface area contributed by atoms with E-state index in [4.69, 9.17) is 9.47 Å². The van der Waals surface area contributed by atoms with Gasteiger partial charge in [-0.2, -0.15) is 0 Å². The van der Waals surface area contributed by atoms with E-state index >= 15 is 0 Å². The zero-order valence-electron chi connectivity index (χ0n) is 16.5. The highest BCUT2D eigenvalue weighted by Crippen LogP contribution is 2.29. The Kier molecular flexibility index (Phi) is 6.31. The number of carbonyl (C=O) groups is 4. The van der Waals surface area contributed by atoms with Gasteiger partial charge < -0.3 is 20.1 Å². The molecule has 1 aliphatic heterocycles. The first-order valence-electron chi connectivity index (χ1n) is 9.21. The Bertz CT molecular complexity index is 990. The Morgan fingerprint density at radius 2 is 1.83 bits per heavy atom. The zero-order valence-corrected chi connectivity index (χ0v) is 16.5. The summed E-state index contributed by atoms with van der Waals surface area (Å²) in [4.78, 5) is 50.3. The van der Waals surface area contributed by atoms with E-state index in [2.05, 4.69) is 10.6 Å². The summed E-state index contributed by atoms with van der Waals surface area (Å²) in [6.07, 6.45) is -1.14. The predicted octanol–water partition coefficient (Wildman–Crippen LogP) is 1.34. The summed E-state index contributed by atoms with van der Waals surface area (Å²) in [6.45, 7) is 0.811. The lowest BCUT2D eigenvalue weighted by Gasteiger charge is -2.30. The molecule has 0 aliphatic carbocycles. The Balaban J connectivity index is 1.59. The van der Waals surface area contributed by atoms with Gasteiger partial charge in [-0.1, -0.05) is 24.3 Å². The number of hydrogen-bond acceptors (Lipinski definition) is 6. The molecule has 0 aromatic heterocycles. The first-order valence-corrected chi connectivity index (χ1v) is 9.21. The van der Waals surface area contributed by atoms with E-state index < -0.39 is 30.4 Å². The van der Waals surface area contributed by atoms with Crippen molar-refractivity contribution < 1.29 is 28.7 Å². The van der Waals surface area contributed by atoms with Gasteiger partial charge in [-0.05, 0) is 31.2 Å². The number of fused-ring (bicyclic) bond motifs is 1. The van der Waals surface area contributed by atoms with Gasteiger partial charge in [0.1, 0.15) is 18.8 Å². The minimum absolute atomic E-state index is 0.178. The van der Waals surface area contributed by atoms with Gasteiger partial charge in [-0.15, -0.1) is 0 Å². The molecule has 1 heterocycles. The number of anilines is 2. The number of amides is 3. The highest BCUT2D eigenvalue weighted by atomic mass is 16.5. The standard InChI is InChI=1S/C21H21N3O6/c1-13(21(28)24-12-18(25)23-15-8-4-5-9-16(15)24)30-19(26)11-22-20(27)14-7-3-6-10-17(14)29-2/h3-10,13H,11-12H2,1-2H3,(H,22,27)(H,23,25)/t13-/m0/s1. The van der Waals surface area contributed by atoms with Crippen LogP contribution in [-0.2, 0) is 19.1 Å². The molecule has 2 aromatic rings. The van der Waals surface area contributed by atoms with Crippen LogP contribution in [0.25, 0.3) is 0 Å². The average Bonchev–Trinajstić information content (AvgIpc) is 2.76. The van der Waals surface area contributed by atoms with Crippen LogP contribution in [0.3, 0.4) is 0 Å². The molecule has 1 atom stereocenters. The van der Waals surface area contributed by atoms with Gasteiger partial charge in [0.2, 0.25) is 5.91 Å². The van der Waals surface area contributed by atoms with Crippen LogP contribution >= 0.6 is 0 Å². The van der Waals surface area contributed by atoms with E-state index in [9.17, 15) is 19.2 Å². The van der Waals surface area contributed by atoms with Crippen LogP contribution in [-0.4, -0.2) is 50.0 Å². The van der Waals surface area contributed by atoms with Crippen molar-refractivity contribution in [1.29, 1.82) is 0 Å². The lowest BCUT2D eigenvalue weighted by molar-refractivity contribution is -0.152. The molecule has 2 N–H and O–H groups in total. The summed E-state index contributed by atoms with van der Waals surface area (Å²) < 4.78 is 10.3. The first kappa shape index (κ1) is 20.8. The van der Waals surface area contributed by atoms with Gasteiger partial charge in [0.15, 0.2) is 6.10 Å². The summed E-state index contributed by atoms with van der Waals surface area (Å²) >= 11 is 0. The molecule has 0 saturated heterocycles. The maximum Gasteiger partial charge on any atom is 0.326 e. The molecule has 3 rings (SSSR count). The average molecular weight is 411 g/mol. The van der Waals surface area contributed by atoms with Gasteiger partial charge in [-0.25, -0.2) is 0 Å². The first-order chi connectivity index (χ1) is 14.4. The van der Waals surface area contributed by atoms with Crippen LogP contribution in [0.4, 0.5) is 11.4 Å². The van der Waals surface area contributed by atoms with Crippen molar-refractivity contribution in [3.63, 3.8) is 0 Å². The largest absolute Gasteiger partial charge is 0.496 e. The van der Waals surface area contributed by atoms with Gasteiger partial charge in [0.25, 0.3) is 11.8 Å². The van der Waals surface area contributed by atoms with Crippen molar-refractivity contribution in [3.8, 4) is 5.75 Å². The molecule has 3 amide bonds. The number of esters is 1. The van der Waals surface area contributed by atoms with Gasteiger partial charge >= 0.3 is 5.97 Å². The number of para-hydroxylation sites is 3. The fourth-order valence-electron chi connectivity index (χ4n) is 3.02. The van der Waals surface area contributed by atoms with Crippen LogP contribution in [0.5, 0.6) is 5.75 Å². The monoisotopic (exact) mass is 411 g/mol. The van der Waals surface area contributed by atoms with E-state index in [1.165, 1.54) is 18.9 Å². The topological polar surface area (TPSA) is 114 Å². The van der Waals surface area contributed by atoms with Gasteiger partial charge in [-0.3, -0.25) is 24.1 Å². The number of carbonyl (C=O) groups excluding carboxylic acids is 4. The molecular weight excluding hydrogens is 390 g/mol. The molecular formula is C21H21N3O6. The number of ether oxygens (including phenoxy) is 2. The molecule has 0 spiro atoms. The highest BCUT2D eigenvalue weighted by molar-refractivity contribution is 6.11. The third-order valence-corrected chi connectivity index (χ3v) is 4.44. The molecule has 0 unspecified atom stereocenters. The lowest BCUT2D eigenvalue weighted by Crippen LogP contribution is -2.47. The second-order valence-electron chi connectivity index (χ2n) is 6.50. The van der Waals surface area contributed by atoms with E-state index in [1.807, 2.05) is 0 Å². The van der Waals surface area contributed by atoms with E-state index in [0.29, 0.717) is 17.1 Å². The molecule has 0 saturated carbocycles. The summed E-state index contributed by atoms with van der Waals surface area (Å²) in [5, 5.41) is 5.12. The van der Waals surface area contributed by atoms with Crippen LogP contribution < -0.4 is 20.3 Å². The van der Waals surface area contributed by atoms with Crippen LogP contribution in [0, 0.1) is 0 Å². The fraction of sp³-hybridized carbons (Fsp3) is 0.238. The SMILES string of the molecule is COc1ccccc1C(=O)NCC(=O)O[C@@H](C)C(=O)N1CC(=O)Nc2ccccc21. The Hall–Kier alpha value is -3.88. The summed E-state index contributed by atoms with van der Waals surface area (Å²) in [7, 11) is 1.44. The quantitative estimate of drug-likeness (QED) is 0.694. The molecule has 9 heteroatoms. The van der Waals surface area contributed by atoms with Crippen molar-refractivity contribution in [2.75, 3.05) is 30.4 Å². The minimum atomic E-state index is -1.14. The van der Waals surface area contributed by atoms with Crippen molar-refractivity contribution in [2.45, 2.75) is 13.0 Å². The normalized spacial score (nSPS) is 13.5. The van der Waals surface area contributed by atoms with E-state index in [0.717, 1.165) is 0 Å². The van der Waals surface area contributed by atoms with Gasteiger partial charge in [0.05, 0.1) is 24.0 Å². The van der Waals surface area contributed by atoms with Crippen molar-refractivity contribution in [2.24, 2.45) is 0 Å². The molecule has 1 aliphatic rings. The second kappa shape index (κ2) is 9.08. The lowest BCUT2D eigenvalue weighted by atomic mass is 10.1. The zero-order chi connectivity index (χ0) is 21.7. The van der Waals surface area contributed by atoms with Crippen molar-refractivity contribution >= 4 is 35.1 Å². The van der Waals surface area contributed by atoms with Crippen LogP contribution in [0.15, 0.2) is 48.5 Å². The van der Waals surface area contributed by atoms with Crippen LogP contribution in [0.1, 0.15) is 17.3 Å². The Labute approximate surface area is 172 Å². The molecule has 0 radical (unpaired) electrons. The molecule has 0 fully saturated rings. The third kappa shape index (κ3) is 4.57. The number of rotatable bonds is 6. The Morgan fingerprint density at radius 3 is 2.60 bits per heavy atom. The summed E-state index contributed by atoms with van der Waals surface area (Å²) in [5.74, 6) is -1.81. The second-order valence-corrected chi connectivity index (χ2v) is 6.50. The maximum atomic E-state index is 12.7. The maximum absolute atomic E-state index is 12.7. The van der Waals surface area contributed by atoms with Gasteiger partial charge in [0, 0.05) is 0 Å². The predicted molar refractivity (Wildman–Crippen MR) is 108 cm³/mol. The number of nitrogens with one attached hydrogen (secondary N) is 2.